The van der Waals surface area contributed by atoms with Gasteiger partial charge in [-0.1, -0.05) is 23.7 Å². The Balaban J connectivity index is 1.55. The molecule has 1 atom stereocenters. The fourth-order valence-corrected chi connectivity index (χ4v) is 2.83. The van der Waals surface area contributed by atoms with Crippen LogP contribution in [-0.2, 0) is 16.1 Å². The van der Waals surface area contributed by atoms with Crippen molar-refractivity contribution in [3.05, 3.63) is 64.7 Å². The minimum Gasteiger partial charge on any atom is -0.489 e. The maximum Gasteiger partial charge on any atom is 0.338 e. The number of rotatable bonds is 5. The summed E-state index contributed by atoms with van der Waals surface area (Å²) in [4.78, 5) is 23.9. The first-order valence-corrected chi connectivity index (χ1v) is 8.70. The number of halogens is 1. The van der Waals surface area contributed by atoms with Crippen LogP contribution in [0.1, 0.15) is 41.6 Å². The van der Waals surface area contributed by atoms with Crippen LogP contribution in [0.4, 0.5) is 0 Å². The average molecular weight is 359 g/mol. The summed E-state index contributed by atoms with van der Waals surface area (Å²) in [6.45, 7) is 0.387. The van der Waals surface area contributed by atoms with Gasteiger partial charge in [-0.05, 0) is 61.2 Å². The quantitative estimate of drug-likeness (QED) is 0.734. The van der Waals surface area contributed by atoms with E-state index in [0.717, 1.165) is 24.2 Å². The van der Waals surface area contributed by atoms with Crippen molar-refractivity contribution in [3.63, 3.8) is 0 Å². The van der Waals surface area contributed by atoms with E-state index in [9.17, 15) is 9.59 Å². The normalized spacial score (nSPS) is 17.2. The highest BCUT2D eigenvalue weighted by molar-refractivity contribution is 6.30. The molecule has 0 saturated heterocycles. The molecule has 2 aromatic rings. The molecule has 130 valence electrons. The van der Waals surface area contributed by atoms with Crippen LogP contribution in [0.15, 0.2) is 48.5 Å². The Morgan fingerprint density at radius 3 is 2.44 bits per heavy atom. The summed E-state index contributed by atoms with van der Waals surface area (Å²) in [6.07, 6.45) is 2.34. The largest absolute Gasteiger partial charge is 0.489 e. The Kier molecular flexibility index (Phi) is 5.71. The molecule has 0 unspecified atom stereocenters. The first kappa shape index (κ1) is 17.5. The van der Waals surface area contributed by atoms with Gasteiger partial charge in [0.05, 0.1) is 5.56 Å². The van der Waals surface area contributed by atoms with Crippen LogP contribution < -0.4 is 4.74 Å². The Morgan fingerprint density at radius 1 is 1.04 bits per heavy atom. The second-order valence-electron chi connectivity index (χ2n) is 6.05. The number of carbonyl (C=O) groups is 2. The van der Waals surface area contributed by atoms with E-state index < -0.39 is 12.1 Å². The molecule has 1 fully saturated rings. The third kappa shape index (κ3) is 4.83. The van der Waals surface area contributed by atoms with E-state index in [1.54, 1.807) is 36.4 Å². The van der Waals surface area contributed by atoms with E-state index in [4.69, 9.17) is 21.1 Å². The second-order valence-corrected chi connectivity index (χ2v) is 6.48. The second kappa shape index (κ2) is 8.17. The van der Waals surface area contributed by atoms with Gasteiger partial charge in [0, 0.05) is 11.4 Å². The Bertz CT molecular complexity index is 737. The lowest BCUT2D eigenvalue weighted by atomic mass is 9.96. The summed E-state index contributed by atoms with van der Waals surface area (Å²) < 4.78 is 11.0. The van der Waals surface area contributed by atoms with E-state index >= 15 is 0 Å². The Labute approximate surface area is 151 Å². The Morgan fingerprint density at radius 2 is 1.76 bits per heavy atom. The van der Waals surface area contributed by atoms with Crippen molar-refractivity contribution in [3.8, 4) is 5.75 Å². The van der Waals surface area contributed by atoms with Gasteiger partial charge >= 0.3 is 5.97 Å². The number of ether oxygens (including phenoxy) is 2. The van der Waals surface area contributed by atoms with Gasteiger partial charge in [0.25, 0.3) is 0 Å². The van der Waals surface area contributed by atoms with E-state index in [2.05, 4.69) is 0 Å². The van der Waals surface area contributed by atoms with Crippen molar-refractivity contribution in [2.75, 3.05) is 0 Å². The molecular formula is C20H19ClO4. The molecule has 0 bridgehead atoms. The maximum absolute atomic E-state index is 12.2. The highest BCUT2D eigenvalue weighted by atomic mass is 35.5. The minimum atomic E-state index is -0.589. The summed E-state index contributed by atoms with van der Waals surface area (Å²) in [5.74, 6) is 0.293. The fraction of sp³-hybridized carbons (Fsp3) is 0.300. The first-order valence-electron chi connectivity index (χ1n) is 8.33. The van der Waals surface area contributed by atoms with Gasteiger partial charge < -0.3 is 9.47 Å². The zero-order valence-electron chi connectivity index (χ0n) is 13.7. The summed E-state index contributed by atoms with van der Waals surface area (Å²) in [7, 11) is 0. The minimum absolute atomic E-state index is 0.0209. The molecule has 1 aliphatic carbocycles. The lowest BCUT2D eigenvalue weighted by molar-refractivity contribution is -0.129. The first-order chi connectivity index (χ1) is 12.1. The molecule has 0 heterocycles. The molecule has 0 spiro atoms. The molecule has 0 aromatic heterocycles. The fourth-order valence-electron chi connectivity index (χ4n) is 2.71. The molecule has 0 radical (unpaired) electrons. The number of carbonyl (C=O) groups excluding carboxylic acids is 2. The van der Waals surface area contributed by atoms with Crippen LogP contribution in [0, 0.1) is 0 Å². The molecule has 2 aromatic carbocycles. The number of ketones is 1. The van der Waals surface area contributed by atoms with Gasteiger partial charge in [-0.25, -0.2) is 4.79 Å². The van der Waals surface area contributed by atoms with Crippen LogP contribution in [0.2, 0.25) is 5.02 Å². The predicted octanol–water partition coefficient (Wildman–Crippen LogP) is 4.59. The monoisotopic (exact) mass is 358 g/mol. The zero-order valence-corrected chi connectivity index (χ0v) is 14.5. The number of Topliss-reactive ketones (excluding diaryl/α,β-unsaturated/α-hetero) is 1. The summed E-state index contributed by atoms with van der Waals surface area (Å²) in [5, 5.41) is 0.659. The zero-order chi connectivity index (χ0) is 17.6. The van der Waals surface area contributed by atoms with Gasteiger partial charge in [0.15, 0.2) is 11.9 Å². The van der Waals surface area contributed by atoms with Crippen molar-refractivity contribution in [2.24, 2.45) is 0 Å². The standard InChI is InChI=1S/C20H19ClO4/c21-16-9-11-17(12-10-16)24-13-14-5-7-15(8-6-14)20(23)25-19-4-2-1-3-18(19)22/h5-12,19H,1-4,13H2/t19-/m0/s1. The van der Waals surface area contributed by atoms with Gasteiger partial charge in [0.2, 0.25) is 0 Å². The van der Waals surface area contributed by atoms with E-state index in [1.807, 2.05) is 12.1 Å². The molecule has 0 aliphatic heterocycles. The van der Waals surface area contributed by atoms with Gasteiger partial charge in [-0.15, -0.1) is 0 Å². The highest BCUT2D eigenvalue weighted by Gasteiger charge is 2.26. The number of hydrogen-bond acceptors (Lipinski definition) is 4. The molecule has 1 aliphatic rings. The molecule has 5 heteroatoms. The van der Waals surface area contributed by atoms with Crippen LogP contribution >= 0.6 is 11.6 Å². The molecule has 3 rings (SSSR count). The van der Waals surface area contributed by atoms with Crippen molar-refractivity contribution < 1.29 is 19.1 Å². The van der Waals surface area contributed by atoms with Crippen molar-refractivity contribution in [2.45, 2.75) is 38.4 Å². The van der Waals surface area contributed by atoms with Gasteiger partial charge in [-0.2, -0.15) is 0 Å². The van der Waals surface area contributed by atoms with Crippen molar-refractivity contribution >= 4 is 23.4 Å². The predicted molar refractivity (Wildman–Crippen MR) is 94.9 cm³/mol. The molecular weight excluding hydrogens is 340 g/mol. The van der Waals surface area contributed by atoms with Gasteiger partial charge in [0.1, 0.15) is 12.4 Å². The molecule has 0 amide bonds. The molecule has 4 nitrogen and oxygen atoms in total. The lowest BCUT2D eigenvalue weighted by Crippen LogP contribution is -2.30. The van der Waals surface area contributed by atoms with Gasteiger partial charge in [-0.3, -0.25) is 4.79 Å². The van der Waals surface area contributed by atoms with E-state index in [1.165, 1.54) is 0 Å². The van der Waals surface area contributed by atoms with Crippen LogP contribution in [-0.4, -0.2) is 17.9 Å². The summed E-state index contributed by atoms with van der Waals surface area (Å²) in [5.41, 5.74) is 1.37. The van der Waals surface area contributed by atoms with E-state index in [0.29, 0.717) is 30.0 Å². The number of esters is 1. The van der Waals surface area contributed by atoms with E-state index in [-0.39, 0.29) is 5.78 Å². The smallest absolute Gasteiger partial charge is 0.338 e. The highest BCUT2D eigenvalue weighted by Crippen LogP contribution is 2.20. The number of hydrogen-bond donors (Lipinski definition) is 0. The Hall–Kier alpha value is -2.33. The average Bonchev–Trinajstić information content (AvgIpc) is 2.63. The third-order valence-corrected chi connectivity index (χ3v) is 4.41. The van der Waals surface area contributed by atoms with Crippen molar-refractivity contribution in [1.82, 2.24) is 0 Å². The lowest BCUT2D eigenvalue weighted by Gasteiger charge is -2.20. The molecule has 25 heavy (non-hydrogen) atoms. The maximum atomic E-state index is 12.2. The van der Waals surface area contributed by atoms with Crippen LogP contribution in [0.3, 0.4) is 0 Å². The summed E-state index contributed by atoms with van der Waals surface area (Å²) in [6, 6.07) is 14.1. The number of benzene rings is 2. The van der Waals surface area contributed by atoms with Crippen LogP contribution in [0.25, 0.3) is 0 Å². The topological polar surface area (TPSA) is 52.6 Å². The SMILES string of the molecule is O=C(O[C@H]1CCCCC1=O)c1ccc(COc2ccc(Cl)cc2)cc1. The molecule has 1 saturated carbocycles. The summed E-state index contributed by atoms with van der Waals surface area (Å²) >= 11 is 5.83. The van der Waals surface area contributed by atoms with Crippen LogP contribution in [0.5, 0.6) is 5.75 Å². The molecule has 0 N–H and O–H groups in total. The third-order valence-electron chi connectivity index (χ3n) is 4.16. The van der Waals surface area contributed by atoms with Crippen molar-refractivity contribution in [1.29, 1.82) is 0 Å².